The van der Waals surface area contributed by atoms with Gasteiger partial charge in [-0.15, -0.1) is 0 Å². The molecule has 3 heteroatoms. The van der Waals surface area contributed by atoms with Crippen LogP contribution >= 0.6 is 11.3 Å². The Bertz CT molecular complexity index is 246. The molecule has 0 aliphatic heterocycles. The van der Waals surface area contributed by atoms with E-state index in [4.69, 9.17) is 5.73 Å². The van der Waals surface area contributed by atoms with E-state index in [1.165, 1.54) is 0 Å². The fourth-order valence-electron chi connectivity index (χ4n) is 1.62. The first-order valence-corrected chi connectivity index (χ1v) is 5.94. The molecule has 1 aromatic rings. The summed E-state index contributed by atoms with van der Waals surface area (Å²) >= 11 is 1.61. The average molecular weight is 215 g/mol. The quantitative estimate of drug-likeness (QED) is 0.803. The molecule has 80 valence electrons. The summed E-state index contributed by atoms with van der Waals surface area (Å²) in [6.45, 7) is 4.48. The monoisotopic (exact) mass is 215 g/mol. The number of hydrogen-bond acceptors (Lipinski definition) is 2. The van der Waals surface area contributed by atoms with Crippen LogP contribution < -0.4 is 5.73 Å². The fourth-order valence-corrected chi connectivity index (χ4v) is 2.30. The summed E-state index contributed by atoms with van der Waals surface area (Å²) in [5, 5.41) is 3.98. The van der Waals surface area contributed by atoms with Crippen molar-refractivity contribution >= 4 is 11.3 Å². The van der Waals surface area contributed by atoms with Crippen molar-refractivity contribution in [2.24, 2.45) is 17.6 Å². The van der Waals surface area contributed by atoms with E-state index in [2.05, 4.69) is 0 Å². The van der Waals surface area contributed by atoms with Crippen molar-refractivity contribution in [3.05, 3.63) is 22.4 Å². The summed E-state index contributed by atoms with van der Waals surface area (Å²) in [7, 11) is 0. The summed E-state index contributed by atoms with van der Waals surface area (Å²) in [6.07, 6.45) is -0.307. The topological polar surface area (TPSA) is 26.0 Å². The Morgan fingerprint density at radius 3 is 2.64 bits per heavy atom. The summed E-state index contributed by atoms with van der Waals surface area (Å²) in [5.74, 6) is 0.295. The lowest BCUT2D eigenvalue weighted by atomic mass is 9.88. The van der Waals surface area contributed by atoms with Crippen LogP contribution in [-0.4, -0.2) is 12.7 Å². The van der Waals surface area contributed by atoms with Crippen LogP contribution in [-0.2, 0) is 6.42 Å². The maximum Gasteiger partial charge on any atom is 0.108 e. The van der Waals surface area contributed by atoms with Gasteiger partial charge in [0.05, 0.1) is 0 Å². The molecule has 0 radical (unpaired) electrons. The number of alkyl halides is 1. The lowest BCUT2D eigenvalue weighted by Crippen LogP contribution is -2.30. The SMILES string of the molecule is CC(C)C(CN)C(F)Cc1ccsc1. The minimum atomic E-state index is -0.811. The molecule has 0 saturated carbocycles. The van der Waals surface area contributed by atoms with Crippen molar-refractivity contribution < 1.29 is 4.39 Å². The van der Waals surface area contributed by atoms with Crippen molar-refractivity contribution in [1.82, 2.24) is 0 Å². The zero-order valence-corrected chi connectivity index (χ0v) is 9.56. The normalized spacial score (nSPS) is 15.8. The van der Waals surface area contributed by atoms with Crippen LogP contribution in [0, 0.1) is 11.8 Å². The molecular formula is C11H18FNS. The zero-order chi connectivity index (χ0) is 10.6. The molecule has 2 unspecified atom stereocenters. The molecule has 0 spiro atoms. The average Bonchev–Trinajstić information content (AvgIpc) is 2.57. The Morgan fingerprint density at radius 2 is 2.21 bits per heavy atom. The molecule has 0 saturated heterocycles. The van der Waals surface area contributed by atoms with Gasteiger partial charge in [0, 0.05) is 12.3 Å². The molecule has 0 aliphatic rings. The lowest BCUT2D eigenvalue weighted by Gasteiger charge is -2.22. The Kier molecular flexibility index (Phi) is 4.55. The Hall–Kier alpha value is -0.410. The van der Waals surface area contributed by atoms with E-state index >= 15 is 0 Å². The van der Waals surface area contributed by atoms with Crippen molar-refractivity contribution in [2.45, 2.75) is 26.4 Å². The number of nitrogens with two attached hydrogens (primary N) is 1. The van der Waals surface area contributed by atoms with Gasteiger partial charge >= 0.3 is 0 Å². The first kappa shape index (κ1) is 11.7. The third kappa shape index (κ3) is 3.07. The number of thiophene rings is 1. The maximum absolute atomic E-state index is 13.8. The second-order valence-corrected chi connectivity index (χ2v) is 4.78. The van der Waals surface area contributed by atoms with Crippen LogP contribution in [0.1, 0.15) is 19.4 Å². The smallest absolute Gasteiger partial charge is 0.108 e. The standard InChI is InChI=1S/C11H18FNS/c1-8(2)10(6-13)11(12)5-9-3-4-14-7-9/h3-4,7-8,10-11H,5-6,13H2,1-2H3. The second kappa shape index (κ2) is 5.47. The second-order valence-electron chi connectivity index (χ2n) is 4.00. The molecule has 0 amide bonds. The molecule has 2 N–H and O–H groups in total. The predicted octanol–water partition coefficient (Wildman–Crippen LogP) is 2.86. The lowest BCUT2D eigenvalue weighted by molar-refractivity contribution is 0.185. The molecule has 0 aromatic carbocycles. The van der Waals surface area contributed by atoms with Crippen molar-refractivity contribution in [1.29, 1.82) is 0 Å². The zero-order valence-electron chi connectivity index (χ0n) is 8.74. The molecule has 0 fully saturated rings. The van der Waals surface area contributed by atoms with Gasteiger partial charge in [-0.05, 0) is 34.9 Å². The van der Waals surface area contributed by atoms with E-state index in [1.807, 2.05) is 30.7 Å². The summed E-state index contributed by atoms with van der Waals surface area (Å²) < 4.78 is 13.8. The minimum absolute atomic E-state index is 0.0186. The van der Waals surface area contributed by atoms with Gasteiger partial charge in [-0.2, -0.15) is 11.3 Å². The number of halogens is 1. The summed E-state index contributed by atoms with van der Waals surface area (Å²) in [5.41, 5.74) is 6.65. The predicted molar refractivity (Wildman–Crippen MR) is 60.3 cm³/mol. The van der Waals surface area contributed by atoms with Gasteiger partial charge in [0.25, 0.3) is 0 Å². The maximum atomic E-state index is 13.8. The third-order valence-electron chi connectivity index (χ3n) is 2.60. The van der Waals surface area contributed by atoms with Crippen LogP contribution in [0.3, 0.4) is 0 Å². The van der Waals surface area contributed by atoms with Gasteiger partial charge in [-0.25, -0.2) is 4.39 Å². The number of hydrogen-bond donors (Lipinski definition) is 1. The van der Waals surface area contributed by atoms with Gasteiger partial charge in [-0.1, -0.05) is 13.8 Å². The highest BCUT2D eigenvalue weighted by atomic mass is 32.1. The highest BCUT2D eigenvalue weighted by Gasteiger charge is 2.23. The molecule has 1 aromatic heterocycles. The summed E-state index contributed by atoms with van der Waals surface area (Å²) in [4.78, 5) is 0. The van der Waals surface area contributed by atoms with Crippen LogP contribution in [0.4, 0.5) is 4.39 Å². The first-order valence-electron chi connectivity index (χ1n) is 5.00. The molecule has 0 aliphatic carbocycles. The largest absolute Gasteiger partial charge is 0.330 e. The molecule has 1 rings (SSSR count). The van der Waals surface area contributed by atoms with Crippen LogP contribution in [0.2, 0.25) is 0 Å². The summed E-state index contributed by atoms with van der Waals surface area (Å²) in [6, 6.07) is 1.98. The molecule has 0 bridgehead atoms. The highest BCUT2D eigenvalue weighted by Crippen LogP contribution is 2.21. The Labute approximate surface area is 89.1 Å². The minimum Gasteiger partial charge on any atom is -0.330 e. The van der Waals surface area contributed by atoms with Gasteiger partial charge in [0.1, 0.15) is 6.17 Å². The van der Waals surface area contributed by atoms with Crippen molar-refractivity contribution in [3.63, 3.8) is 0 Å². The first-order chi connectivity index (χ1) is 6.65. The van der Waals surface area contributed by atoms with E-state index in [1.54, 1.807) is 11.3 Å². The van der Waals surface area contributed by atoms with Crippen molar-refractivity contribution in [2.75, 3.05) is 6.54 Å². The van der Waals surface area contributed by atoms with E-state index in [-0.39, 0.29) is 5.92 Å². The van der Waals surface area contributed by atoms with Gasteiger partial charge in [0.2, 0.25) is 0 Å². The Morgan fingerprint density at radius 1 is 1.50 bits per heavy atom. The molecule has 1 heterocycles. The van der Waals surface area contributed by atoms with E-state index in [0.717, 1.165) is 5.56 Å². The van der Waals surface area contributed by atoms with Crippen LogP contribution in [0.25, 0.3) is 0 Å². The van der Waals surface area contributed by atoms with Crippen LogP contribution in [0.15, 0.2) is 16.8 Å². The van der Waals surface area contributed by atoms with E-state index < -0.39 is 6.17 Å². The molecule has 14 heavy (non-hydrogen) atoms. The molecule has 1 nitrogen and oxygen atoms in total. The molecular weight excluding hydrogens is 197 g/mol. The van der Waals surface area contributed by atoms with E-state index in [9.17, 15) is 4.39 Å². The fraction of sp³-hybridized carbons (Fsp3) is 0.636. The van der Waals surface area contributed by atoms with Gasteiger partial charge in [0.15, 0.2) is 0 Å². The van der Waals surface area contributed by atoms with Gasteiger partial charge in [-0.3, -0.25) is 0 Å². The van der Waals surface area contributed by atoms with Crippen molar-refractivity contribution in [3.8, 4) is 0 Å². The van der Waals surface area contributed by atoms with E-state index in [0.29, 0.717) is 18.9 Å². The number of rotatable bonds is 5. The Balaban J connectivity index is 2.51. The molecule has 2 atom stereocenters. The van der Waals surface area contributed by atoms with Gasteiger partial charge < -0.3 is 5.73 Å². The van der Waals surface area contributed by atoms with Crippen LogP contribution in [0.5, 0.6) is 0 Å². The third-order valence-corrected chi connectivity index (χ3v) is 3.34. The highest BCUT2D eigenvalue weighted by molar-refractivity contribution is 7.07.